The Bertz CT molecular complexity index is 737. The molecule has 3 aromatic rings. The molecule has 100 valence electrons. The van der Waals surface area contributed by atoms with Gasteiger partial charge in [0.05, 0.1) is 35.3 Å². The van der Waals surface area contributed by atoms with Gasteiger partial charge >= 0.3 is 0 Å². The largest absolute Gasteiger partial charge is 0.397 e. The highest BCUT2D eigenvalue weighted by Crippen LogP contribution is 2.26. The SMILES string of the molecule is Cc1cnc(CNc2ccc(N)c3ncccc23)cn1. The second-order valence-electron chi connectivity index (χ2n) is 4.60. The fourth-order valence-corrected chi connectivity index (χ4v) is 2.05. The van der Waals surface area contributed by atoms with Gasteiger partial charge in [-0.3, -0.25) is 15.0 Å². The number of nitrogens with zero attached hydrogens (tertiary/aromatic N) is 3. The van der Waals surface area contributed by atoms with E-state index in [2.05, 4.69) is 20.3 Å². The summed E-state index contributed by atoms with van der Waals surface area (Å²) in [5.41, 5.74) is 10.2. The molecule has 0 fully saturated rings. The second kappa shape index (κ2) is 5.13. The minimum absolute atomic E-state index is 0.612. The topological polar surface area (TPSA) is 76.7 Å². The van der Waals surface area contributed by atoms with Gasteiger partial charge in [-0.05, 0) is 31.2 Å². The number of hydrogen-bond acceptors (Lipinski definition) is 5. The highest BCUT2D eigenvalue weighted by atomic mass is 14.9. The molecule has 20 heavy (non-hydrogen) atoms. The number of rotatable bonds is 3. The zero-order valence-corrected chi connectivity index (χ0v) is 11.2. The Labute approximate surface area is 116 Å². The Morgan fingerprint density at radius 3 is 2.80 bits per heavy atom. The fourth-order valence-electron chi connectivity index (χ4n) is 2.05. The molecule has 5 nitrogen and oxygen atoms in total. The van der Waals surface area contributed by atoms with Crippen molar-refractivity contribution >= 4 is 22.3 Å². The van der Waals surface area contributed by atoms with Crippen LogP contribution in [0.4, 0.5) is 11.4 Å². The molecule has 0 saturated heterocycles. The average molecular weight is 265 g/mol. The normalized spacial score (nSPS) is 10.7. The van der Waals surface area contributed by atoms with E-state index in [1.165, 1.54) is 0 Å². The van der Waals surface area contributed by atoms with Gasteiger partial charge in [0.15, 0.2) is 0 Å². The molecule has 2 aromatic heterocycles. The molecule has 3 rings (SSSR count). The lowest BCUT2D eigenvalue weighted by molar-refractivity contribution is 0.986. The number of nitrogen functional groups attached to an aromatic ring is 1. The summed E-state index contributed by atoms with van der Waals surface area (Å²) in [6.45, 7) is 2.53. The van der Waals surface area contributed by atoms with E-state index in [0.29, 0.717) is 12.2 Å². The molecule has 0 saturated carbocycles. The number of anilines is 2. The standard InChI is InChI=1S/C15H15N5/c1-10-7-19-11(8-18-10)9-20-14-5-4-13(16)15-12(14)3-2-6-17-15/h2-8,20H,9,16H2,1H3. The summed E-state index contributed by atoms with van der Waals surface area (Å²) in [7, 11) is 0. The van der Waals surface area contributed by atoms with Gasteiger partial charge in [-0.2, -0.15) is 0 Å². The quantitative estimate of drug-likeness (QED) is 0.712. The smallest absolute Gasteiger partial charge is 0.0951 e. The van der Waals surface area contributed by atoms with Crippen LogP contribution >= 0.6 is 0 Å². The average Bonchev–Trinajstić information content (AvgIpc) is 2.49. The Balaban J connectivity index is 1.88. The van der Waals surface area contributed by atoms with Gasteiger partial charge in [0, 0.05) is 23.5 Å². The predicted molar refractivity (Wildman–Crippen MR) is 80.3 cm³/mol. The summed E-state index contributed by atoms with van der Waals surface area (Å²) in [6.07, 6.45) is 5.29. The van der Waals surface area contributed by atoms with Crippen molar-refractivity contribution in [2.75, 3.05) is 11.1 Å². The maximum absolute atomic E-state index is 5.94. The first kappa shape index (κ1) is 12.3. The van der Waals surface area contributed by atoms with Crippen LogP contribution in [0.1, 0.15) is 11.4 Å². The number of aryl methyl sites for hydroxylation is 1. The van der Waals surface area contributed by atoms with E-state index >= 15 is 0 Å². The molecule has 1 aromatic carbocycles. The molecule has 0 bridgehead atoms. The number of benzene rings is 1. The number of nitrogens with two attached hydrogens (primary N) is 1. The van der Waals surface area contributed by atoms with Gasteiger partial charge in [-0.15, -0.1) is 0 Å². The molecule has 0 aliphatic rings. The molecular weight excluding hydrogens is 250 g/mol. The van der Waals surface area contributed by atoms with Gasteiger partial charge in [0.25, 0.3) is 0 Å². The first-order valence-electron chi connectivity index (χ1n) is 6.38. The number of pyridine rings is 1. The van der Waals surface area contributed by atoms with Crippen LogP contribution in [-0.4, -0.2) is 15.0 Å². The first-order valence-corrected chi connectivity index (χ1v) is 6.38. The Morgan fingerprint density at radius 2 is 2.00 bits per heavy atom. The minimum atomic E-state index is 0.612. The van der Waals surface area contributed by atoms with E-state index in [0.717, 1.165) is 28.0 Å². The molecule has 0 aliphatic carbocycles. The molecule has 0 aliphatic heterocycles. The van der Waals surface area contributed by atoms with Crippen LogP contribution in [-0.2, 0) is 6.54 Å². The maximum atomic E-state index is 5.94. The lowest BCUT2D eigenvalue weighted by atomic mass is 10.1. The third-order valence-corrected chi connectivity index (χ3v) is 3.10. The Morgan fingerprint density at radius 1 is 1.10 bits per heavy atom. The van der Waals surface area contributed by atoms with E-state index in [4.69, 9.17) is 5.73 Å². The maximum Gasteiger partial charge on any atom is 0.0951 e. The van der Waals surface area contributed by atoms with Gasteiger partial charge in [0.2, 0.25) is 0 Å². The molecule has 2 heterocycles. The van der Waals surface area contributed by atoms with Crippen molar-refractivity contribution in [3.8, 4) is 0 Å². The van der Waals surface area contributed by atoms with Crippen molar-refractivity contribution in [1.29, 1.82) is 0 Å². The lowest BCUT2D eigenvalue weighted by Crippen LogP contribution is -2.03. The van der Waals surface area contributed by atoms with Crippen molar-refractivity contribution in [1.82, 2.24) is 15.0 Å². The van der Waals surface area contributed by atoms with E-state index in [9.17, 15) is 0 Å². The minimum Gasteiger partial charge on any atom is -0.397 e. The summed E-state index contributed by atoms with van der Waals surface area (Å²) >= 11 is 0. The highest BCUT2D eigenvalue weighted by Gasteiger charge is 2.05. The Hall–Kier alpha value is -2.69. The third kappa shape index (κ3) is 2.38. The van der Waals surface area contributed by atoms with Crippen molar-refractivity contribution < 1.29 is 0 Å². The molecule has 0 unspecified atom stereocenters. The van der Waals surface area contributed by atoms with Gasteiger partial charge < -0.3 is 11.1 Å². The monoisotopic (exact) mass is 265 g/mol. The predicted octanol–water partition coefficient (Wildman–Crippen LogP) is 2.53. The van der Waals surface area contributed by atoms with E-state index in [1.54, 1.807) is 18.6 Å². The van der Waals surface area contributed by atoms with Crippen LogP contribution in [0.2, 0.25) is 0 Å². The van der Waals surface area contributed by atoms with Crippen molar-refractivity contribution in [2.24, 2.45) is 0 Å². The van der Waals surface area contributed by atoms with Crippen molar-refractivity contribution in [3.05, 3.63) is 54.2 Å². The molecule has 3 N–H and O–H groups in total. The molecule has 0 spiro atoms. The van der Waals surface area contributed by atoms with Gasteiger partial charge in [-0.1, -0.05) is 0 Å². The van der Waals surface area contributed by atoms with E-state index in [1.807, 2.05) is 31.2 Å². The van der Waals surface area contributed by atoms with Crippen LogP contribution in [0, 0.1) is 6.92 Å². The summed E-state index contributed by atoms with van der Waals surface area (Å²) in [4.78, 5) is 12.9. The molecular formula is C15H15N5. The number of hydrogen-bond donors (Lipinski definition) is 2. The van der Waals surface area contributed by atoms with E-state index < -0.39 is 0 Å². The summed E-state index contributed by atoms with van der Waals surface area (Å²) < 4.78 is 0. The van der Waals surface area contributed by atoms with Gasteiger partial charge in [-0.25, -0.2) is 0 Å². The number of nitrogens with one attached hydrogen (secondary N) is 1. The summed E-state index contributed by atoms with van der Waals surface area (Å²) in [5, 5.41) is 4.36. The first-order chi connectivity index (χ1) is 9.74. The van der Waals surface area contributed by atoms with E-state index in [-0.39, 0.29) is 0 Å². The zero-order valence-electron chi connectivity index (χ0n) is 11.2. The van der Waals surface area contributed by atoms with Crippen LogP contribution < -0.4 is 11.1 Å². The van der Waals surface area contributed by atoms with Crippen molar-refractivity contribution in [3.63, 3.8) is 0 Å². The number of fused-ring (bicyclic) bond motifs is 1. The number of aromatic nitrogens is 3. The molecule has 5 heteroatoms. The van der Waals surface area contributed by atoms with Crippen LogP contribution in [0.5, 0.6) is 0 Å². The molecule has 0 atom stereocenters. The summed E-state index contributed by atoms with van der Waals surface area (Å²) in [6, 6.07) is 7.72. The van der Waals surface area contributed by atoms with Crippen LogP contribution in [0.15, 0.2) is 42.9 Å². The van der Waals surface area contributed by atoms with Crippen molar-refractivity contribution in [2.45, 2.75) is 13.5 Å². The second-order valence-corrected chi connectivity index (χ2v) is 4.60. The Kier molecular flexibility index (Phi) is 3.16. The third-order valence-electron chi connectivity index (χ3n) is 3.10. The molecule has 0 radical (unpaired) electrons. The zero-order chi connectivity index (χ0) is 13.9. The molecule has 0 amide bonds. The lowest BCUT2D eigenvalue weighted by Gasteiger charge is -2.10. The fraction of sp³-hybridized carbons (Fsp3) is 0.133. The van der Waals surface area contributed by atoms with Crippen LogP contribution in [0.3, 0.4) is 0 Å². The van der Waals surface area contributed by atoms with Crippen LogP contribution in [0.25, 0.3) is 10.9 Å². The van der Waals surface area contributed by atoms with Gasteiger partial charge in [0.1, 0.15) is 0 Å². The summed E-state index contributed by atoms with van der Waals surface area (Å²) in [5.74, 6) is 0. The highest BCUT2D eigenvalue weighted by molar-refractivity contribution is 5.98.